The number of nitrogens with zero attached hydrogens (tertiary/aromatic N) is 1. The largest absolute Gasteiger partial charge is 0.336 e. The quantitative estimate of drug-likeness (QED) is 0.868. The first-order chi connectivity index (χ1) is 9.19. The van der Waals surface area contributed by atoms with Gasteiger partial charge in [0, 0.05) is 27.4 Å². The summed E-state index contributed by atoms with van der Waals surface area (Å²) in [6.07, 6.45) is 2.77. The first-order valence-corrected chi connectivity index (χ1v) is 6.92. The number of hydrogen-bond acceptors (Lipinski definition) is 3. The third-order valence-corrected chi connectivity index (χ3v) is 4.06. The topological polar surface area (TPSA) is 41.5 Å². The molecule has 0 saturated carbocycles. The van der Waals surface area contributed by atoms with Crippen LogP contribution in [0.5, 0.6) is 0 Å². The zero-order valence-electron chi connectivity index (χ0n) is 10.6. The lowest BCUT2D eigenvalue weighted by Gasteiger charge is -2.05. The minimum Gasteiger partial charge on any atom is -0.336 e. The molecule has 0 aromatic heterocycles. The van der Waals surface area contributed by atoms with E-state index in [1.54, 1.807) is 7.05 Å². The maximum atomic E-state index is 11.1. The van der Waals surface area contributed by atoms with Crippen molar-refractivity contribution in [2.75, 3.05) is 7.05 Å². The highest BCUT2D eigenvalue weighted by molar-refractivity contribution is 8.03. The van der Waals surface area contributed by atoms with Crippen molar-refractivity contribution in [2.45, 2.75) is 11.8 Å². The van der Waals surface area contributed by atoms with Gasteiger partial charge in [0.05, 0.1) is 5.70 Å². The fraction of sp³-hybridized carbons (Fsp3) is 0.143. The zero-order valence-corrected chi connectivity index (χ0v) is 12.2. The fourth-order valence-electron chi connectivity index (χ4n) is 1.76. The normalized spacial score (nSPS) is 19.1. The summed E-state index contributed by atoms with van der Waals surface area (Å²) in [5, 5.41) is 3.71. The number of thioether (sulfide) groups is 1. The molecule has 0 spiro atoms. The predicted molar refractivity (Wildman–Crippen MR) is 80.7 cm³/mol. The minimum atomic E-state index is 0.550. The second-order valence-corrected chi connectivity index (χ2v) is 5.34. The van der Waals surface area contributed by atoms with E-state index in [0.29, 0.717) is 10.7 Å². The van der Waals surface area contributed by atoms with E-state index in [9.17, 15) is 4.79 Å². The molecule has 0 unspecified atom stereocenters. The summed E-state index contributed by atoms with van der Waals surface area (Å²) in [7, 11) is 1.70. The Morgan fingerprint density at radius 2 is 2.00 bits per heavy atom. The number of carbonyl (C=O) groups is 1. The van der Waals surface area contributed by atoms with Crippen molar-refractivity contribution in [3.8, 4) is 0 Å². The highest BCUT2D eigenvalue weighted by Gasteiger charge is 2.24. The van der Waals surface area contributed by atoms with E-state index in [4.69, 9.17) is 11.6 Å². The van der Waals surface area contributed by atoms with Crippen LogP contribution in [0, 0.1) is 0 Å². The van der Waals surface area contributed by atoms with Crippen LogP contribution < -0.4 is 5.32 Å². The first-order valence-electron chi connectivity index (χ1n) is 5.73. The van der Waals surface area contributed by atoms with Crippen molar-refractivity contribution in [3.63, 3.8) is 0 Å². The number of amidine groups is 1. The summed E-state index contributed by atoms with van der Waals surface area (Å²) in [5.74, 6) is 0.723. The van der Waals surface area contributed by atoms with Gasteiger partial charge in [0.15, 0.2) is 6.29 Å². The summed E-state index contributed by atoms with van der Waals surface area (Å²) < 4.78 is 0. The Bertz CT molecular complexity index is 588. The number of benzene rings is 1. The maximum Gasteiger partial charge on any atom is 0.167 e. The maximum absolute atomic E-state index is 11.1. The second-order valence-electron chi connectivity index (χ2n) is 3.82. The molecule has 0 amide bonds. The molecule has 0 bridgehead atoms. The molecule has 98 valence electrons. The number of allylic oxidation sites excluding steroid dienone is 2. The molecule has 0 atom stereocenters. The molecule has 1 aliphatic heterocycles. The molecule has 1 aromatic carbocycles. The Hall–Kier alpha value is -1.52. The number of aldehydes is 1. The van der Waals surface area contributed by atoms with E-state index < -0.39 is 0 Å². The van der Waals surface area contributed by atoms with E-state index in [2.05, 4.69) is 10.3 Å². The molecule has 1 aliphatic rings. The van der Waals surface area contributed by atoms with Crippen LogP contribution in [0.2, 0.25) is 5.02 Å². The Balaban J connectivity index is 2.35. The smallest absolute Gasteiger partial charge is 0.167 e. The highest BCUT2D eigenvalue weighted by atomic mass is 35.5. The SMILES string of the molecule is C/C=C1\C(=NC)NC(C=O)=C1Sc1ccc(Cl)cc1. The van der Waals surface area contributed by atoms with E-state index >= 15 is 0 Å². The summed E-state index contributed by atoms with van der Waals surface area (Å²) in [6.45, 7) is 1.93. The Morgan fingerprint density at radius 3 is 2.53 bits per heavy atom. The van der Waals surface area contributed by atoms with Gasteiger partial charge in [0.2, 0.25) is 0 Å². The molecule has 1 aromatic rings. The molecule has 0 saturated heterocycles. The lowest BCUT2D eigenvalue weighted by atomic mass is 10.2. The summed E-state index contributed by atoms with van der Waals surface area (Å²) >= 11 is 7.39. The number of hydrogen-bond donors (Lipinski definition) is 1. The van der Waals surface area contributed by atoms with Crippen LogP contribution in [0.4, 0.5) is 0 Å². The molecular formula is C14H13ClN2OS. The van der Waals surface area contributed by atoms with E-state index in [0.717, 1.165) is 27.5 Å². The first kappa shape index (κ1) is 13.9. The number of carbonyl (C=O) groups excluding carboxylic acids is 1. The van der Waals surface area contributed by atoms with Gasteiger partial charge in [-0.05, 0) is 31.2 Å². The van der Waals surface area contributed by atoms with Crippen molar-refractivity contribution in [3.05, 3.63) is 51.5 Å². The fourth-order valence-corrected chi connectivity index (χ4v) is 2.93. The molecule has 3 nitrogen and oxygen atoms in total. The molecule has 1 N–H and O–H groups in total. The Kier molecular flexibility index (Phi) is 4.45. The lowest BCUT2D eigenvalue weighted by molar-refractivity contribution is -0.105. The number of nitrogens with one attached hydrogen (secondary N) is 1. The van der Waals surface area contributed by atoms with E-state index in [1.165, 1.54) is 11.8 Å². The van der Waals surface area contributed by atoms with Gasteiger partial charge in [0.25, 0.3) is 0 Å². The lowest BCUT2D eigenvalue weighted by Crippen LogP contribution is -2.17. The van der Waals surface area contributed by atoms with Gasteiger partial charge in [-0.1, -0.05) is 29.4 Å². The monoisotopic (exact) mass is 292 g/mol. The average Bonchev–Trinajstić information content (AvgIpc) is 2.78. The van der Waals surface area contributed by atoms with Gasteiger partial charge >= 0.3 is 0 Å². The van der Waals surface area contributed by atoms with Gasteiger partial charge in [-0.25, -0.2) is 0 Å². The van der Waals surface area contributed by atoms with Crippen LogP contribution in [-0.4, -0.2) is 19.2 Å². The molecular weight excluding hydrogens is 280 g/mol. The highest BCUT2D eigenvalue weighted by Crippen LogP contribution is 2.37. The van der Waals surface area contributed by atoms with Gasteiger partial charge in [0.1, 0.15) is 5.84 Å². The van der Waals surface area contributed by atoms with Crippen molar-refractivity contribution in [1.82, 2.24) is 5.32 Å². The van der Waals surface area contributed by atoms with Crippen molar-refractivity contribution < 1.29 is 4.79 Å². The van der Waals surface area contributed by atoms with Crippen LogP contribution in [0.25, 0.3) is 0 Å². The standard InChI is InChI=1S/C14H13ClN2OS/c1-3-11-13(12(8-18)17-14(11)16-2)19-10-6-4-9(15)5-7-10/h3-8H,1-2H3,(H,16,17)/b11-3-. The van der Waals surface area contributed by atoms with Crippen LogP contribution in [0.15, 0.2) is 56.4 Å². The molecule has 0 aliphatic carbocycles. The van der Waals surface area contributed by atoms with Crippen molar-refractivity contribution in [2.24, 2.45) is 4.99 Å². The second kappa shape index (κ2) is 6.08. The summed E-state index contributed by atoms with van der Waals surface area (Å²) in [6, 6.07) is 7.52. The predicted octanol–water partition coefficient (Wildman–Crippen LogP) is 3.42. The van der Waals surface area contributed by atoms with Gasteiger partial charge in [-0.3, -0.25) is 9.79 Å². The summed E-state index contributed by atoms with van der Waals surface area (Å²) in [5.41, 5.74) is 1.50. The van der Waals surface area contributed by atoms with Crippen molar-refractivity contribution in [1.29, 1.82) is 0 Å². The minimum absolute atomic E-state index is 0.550. The van der Waals surface area contributed by atoms with Gasteiger partial charge in [-0.15, -0.1) is 0 Å². The third-order valence-electron chi connectivity index (χ3n) is 2.66. The molecule has 1 heterocycles. The van der Waals surface area contributed by atoms with E-state index in [-0.39, 0.29) is 0 Å². The average molecular weight is 293 g/mol. The van der Waals surface area contributed by atoms with E-state index in [1.807, 2.05) is 37.3 Å². The van der Waals surface area contributed by atoms with Crippen LogP contribution in [-0.2, 0) is 4.79 Å². The number of halogens is 1. The zero-order chi connectivity index (χ0) is 13.8. The van der Waals surface area contributed by atoms with Crippen LogP contribution in [0.3, 0.4) is 0 Å². The molecule has 5 heteroatoms. The summed E-state index contributed by atoms with van der Waals surface area (Å²) in [4.78, 5) is 17.2. The van der Waals surface area contributed by atoms with Gasteiger partial charge in [-0.2, -0.15) is 0 Å². The number of aliphatic imine (C=N–C) groups is 1. The molecule has 2 rings (SSSR count). The number of rotatable bonds is 3. The third kappa shape index (κ3) is 2.91. The van der Waals surface area contributed by atoms with Crippen LogP contribution in [0.1, 0.15) is 6.92 Å². The van der Waals surface area contributed by atoms with Gasteiger partial charge < -0.3 is 5.32 Å². The molecule has 0 radical (unpaired) electrons. The van der Waals surface area contributed by atoms with Crippen molar-refractivity contribution >= 4 is 35.5 Å². The van der Waals surface area contributed by atoms with Crippen LogP contribution >= 0.6 is 23.4 Å². The Morgan fingerprint density at radius 1 is 1.32 bits per heavy atom. The molecule has 19 heavy (non-hydrogen) atoms. The Labute approximate surface area is 121 Å². The molecule has 0 fully saturated rings.